The number of carbonyl (C=O) groups excluding carboxylic acids is 3. The van der Waals surface area contributed by atoms with Gasteiger partial charge in [-0.1, -0.05) is 54.6 Å². The monoisotopic (exact) mass is 566 g/mol. The summed E-state index contributed by atoms with van der Waals surface area (Å²) in [6.07, 6.45) is -11.9. The molecule has 204 valence electrons. The molecule has 39 heavy (non-hydrogen) atoms. The van der Waals surface area contributed by atoms with Gasteiger partial charge >= 0.3 is 12.4 Å². The average molecular weight is 566 g/mol. The van der Waals surface area contributed by atoms with E-state index in [2.05, 4.69) is 0 Å². The lowest BCUT2D eigenvalue weighted by Crippen LogP contribution is -2.42. The van der Waals surface area contributed by atoms with E-state index in [0.29, 0.717) is 17.0 Å². The number of halogens is 6. The number of ketones is 1. The van der Waals surface area contributed by atoms with Crippen molar-refractivity contribution in [3.63, 3.8) is 0 Å². The van der Waals surface area contributed by atoms with Gasteiger partial charge < -0.3 is 19.8 Å². The van der Waals surface area contributed by atoms with E-state index >= 15 is 0 Å². The lowest BCUT2D eigenvalue weighted by Gasteiger charge is -2.38. The van der Waals surface area contributed by atoms with Crippen molar-refractivity contribution in [1.82, 2.24) is 0 Å². The smallest absolute Gasteiger partial charge is 0.417 e. The zero-order valence-electron chi connectivity index (χ0n) is 19.6. The predicted octanol–water partition coefficient (Wildman–Crippen LogP) is 4.21. The summed E-state index contributed by atoms with van der Waals surface area (Å²) in [4.78, 5) is 37.3. The van der Waals surface area contributed by atoms with E-state index in [1.54, 1.807) is 12.1 Å². The zero-order valence-corrected chi connectivity index (χ0v) is 20.4. The molecule has 1 heterocycles. The van der Waals surface area contributed by atoms with E-state index in [1.165, 1.54) is 12.1 Å². The first-order chi connectivity index (χ1) is 18.2. The van der Waals surface area contributed by atoms with Gasteiger partial charge in [0.15, 0.2) is 5.78 Å². The van der Waals surface area contributed by atoms with Crippen LogP contribution in [-0.4, -0.2) is 23.5 Å². The van der Waals surface area contributed by atoms with Gasteiger partial charge in [-0.25, -0.2) is 0 Å². The Kier molecular flexibility index (Phi) is 7.28. The number of rotatable bonds is 6. The Bertz CT molecular complexity index is 1400. The molecule has 12 heteroatoms. The van der Waals surface area contributed by atoms with Crippen molar-refractivity contribution in [3.8, 4) is 0 Å². The minimum atomic E-state index is -5.19. The van der Waals surface area contributed by atoms with E-state index in [1.807, 2.05) is 0 Å². The Morgan fingerprint density at radius 2 is 1.21 bits per heavy atom. The maximum absolute atomic E-state index is 14.1. The first-order valence-corrected chi connectivity index (χ1v) is 12.2. The third kappa shape index (κ3) is 5.38. The van der Waals surface area contributed by atoms with Crippen LogP contribution in [0.3, 0.4) is 0 Å². The highest BCUT2D eigenvalue weighted by Gasteiger charge is 2.47. The largest absolute Gasteiger partial charge is 0.545 e. The van der Waals surface area contributed by atoms with E-state index < -0.39 is 81.7 Å². The molecule has 0 amide bonds. The molecule has 1 aliphatic heterocycles. The number of hydrogen-bond acceptors (Lipinski definition) is 6. The second-order valence-electron chi connectivity index (χ2n) is 9.00. The molecule has 0 saturated heterocycles. The summed E-state index contributed by atoms with van der Waals surface area (Å²) in [6.45, 7) is 0. The number of carbonyl (C=O) groups is 3. The molecular weight excluding hydrogens is 550 g/mol. The first kappa shape index (κ1) is 28.2. The average Bonchev–Trinajstić information content (AvgIpc) is 2.85. The van der Waals surface area contributed by atoms with Gasteiger partial charge in [0.05, 0.1) is 28.5 Å². The number of fused-ring (bicyclic) bond motifs is 1. The highest BCUT2D eigenvalue weighted by atomic mass is 32.2. The van der Waals surface area contributed by atoms with E-state index in [-0.39, 0.29) is 11.3 Å². The third-order valence-electron chi connectivity index (χ3n) is 6.48. The Balaban J connectivity index is 1.96. The lowest BCUT2D eigenvalue weighted by molar-refractivity contribution is -0.256. The molecule has 0 aromatic heterocycles. The summed E-state index contributed by atoms with van der Waals surface area (Å²) in [5.41, 5.74) is -8.61. The summed E-state index contributed by atoms with van der Waals surface area (Å²) < 4.78 is 84.4. The fraction of sp³-hybridized carbons (Fsp3) is 0.222. The van der Waals surface area contributed by atoms with Crippen LogP contribution in [0.1, 0.15) is 53.3 Å². The molecule has 0 atom stereocenters. The van der Waals surface area contributed by atoms with Gasteiger partial charge in [-0.05, 0) is 30.0 Å². The summed E-state index contributed by atoms with van der Waals surface area (Å²) >= 11 is 1.04. The molecule has 0 saturated carbocycles. The molecule has 0 aliphatic carbocycles. The summed E-state index contributed by atoms with van der Waals surface area (Å²) in [7, 11) is 0. The van der Waals surface area contributed by atoms with Crippen molar-refractivity contribution in [2.75, 3.05) is 5.75 Å². The number of Topliss-reactive ketones (excluding diaryl/α,β-unsaturated/α-hetero) is 1. The second kappa shape index (κ2) is 10.1. The molecule has 5 nitrogen and oxygen atoms in total. The van der Waals surface area contributed by atoms with Gasteiger partial charge in [0.2, 0.25) is 0 Å². The van der Waals surface area contributed by atoms with Crippen LogP contribution in [0, 0.1) is 5.41 Å². The lowest BCUT2D eigenvalue weighted by atomic mass is 9.70. The molecule has 0 radical (unpaired) electrons. The van der Waals surface area contributed by atoms with Crippen LogP contribution < -0.4 is 10.2 Å². The predicted molar refractivity (Wildman–Crippen MR) is 123 cm³/mol. The normalized spacial score (nSPS) is 15.1. The molecule has 0 bridgehead atoms. The van der Waals surface area contributed by atoms with Gasteiger partial charge in [0, 0.05) is 27.3 Å². The van der Waals surface area contributed by atoms with Crippen LogP contribution in [0.15, 0.2) is 65.6 Å². The van der Waals surface area contributed by atoms with Crippen molar-refractivity contribution in [3.05, 3.63) is 99.6 Å². The number of benzene rings is 3. The van der Waals surface area contributed by atoms with Crippen LogP contribution in [0.5, 0.6) is 0 Å². The number of carboxylic acids is 2. The number of aromatic carboxylic acids is 2. The third-order valence-corrected chi connectivity index (χ3v) is 7.85. The highest BCUT2D eigenvalue weighted by molar-refractivity contribution is 7.99. The molecule has 3 aromatic rings. The fourth-order valence-electron chi connectivity index (χ4n) is 4.91. The molecule has 3 aromatic carbocycles. The van der Waals surface area contributed by atoms with Gasteiger partial charge in [-0.15, -0.1) is 11.8 Å². The van der Waals surface area contributed by atoms with E-state index in [4.69, 9.17) is 0 Å². The maximum atomic E-state index is 14.1. The van der Waals surface area contributed by atoms with Crippen LogP contribution in [0.4, 0.5) is 26.3 Å². The van der Waals surface area contributed by atoms with Gasteiger partial charge in [-0.2, -0.15) is 26.3 Å². The second-order valence-corrected chi connectivity index (χ2v) is 10.0. The van der Waals surface area contributed by atoms with Crippen LogP contribution in [0.2, 0.25) is 0 Å². The summed E-state index contributed by atoms with van der Waals surface area (Å²) in [5, 5.41) is 23.0. The number of hydrogen-bond donors (Lipinski definition) is 0. The molecule has 0 fully saturated rings. The van der Waals surface area contributed by atoms with Crippen molar-refractivity contribution in [2.24, 2.45) is 5.41 Å². The fourth-order valence-corrected chi connectivity index (χ4v) is 6.16. The molecule has 0 spiro atoms. The quantitative estimate of drug-likeness (QED) is 0.415. The number of carboxylic acid groups (broad SMARTS) is 2. The van der Waals surface area contributed by atoms with Crippen LogP contribution >= 0.6 is 11.8 Å². The number of thioether (sulfide) groups is 1. The topological polar surface area (TPSA) is 97.3 Å². The van der Waals surface area contributed by atoms with Gasteiger partial charge in [-0.3, -0.25) is 4.79 Å². The molecule has 0 unspecified atom stereocenters. The zero-order chi connectivity index (χ0) is 28.8. The molecular formula is C27H16F6O5S-2. The molecule has 1 aliphatic rings. The Morgan fingerprint density at radius 3 is 1.64 bits per heavy atom. The SMILES string of the molecule is O=C([O-])c1cccc(CC2(Cc3cccc(C(=O)[O-])c3C(F)(F)F)CSc3ccccc3C2=O)c1C(F)(F)F. The molecule has 4 rings (SSSR count). The number of alkyl halides is 6. The van der Waals surface area contributed by atoms with Crippen molar-refractivity contribution < 1.29 is 50.9 Å². The van der Waals surface area contributed by atoms with Crippen molar-refractivity contribution in [2.45, 2.75) is 30.1 Å². The Morgan fingerprint density at radius 1 is 0.744 bits per heavy atom. The summed E-state index contributed by atoms with van der Waals surface area (Å²) in [6, 6.07) is 11.4. The van der Waals surface area contributed by atoms with E-state index in [9.17, 15) is 50.9 Å². The van der Waals surface area contributed by atoms with Crippen molar-refractivity contribution >= 4 is 29.5 Å². The van der Waals surface area contributed by atoms with Crippen LogP contribution in [0.25, 0.3) is 0 Å². The first-order valence-electron chi connectivity index (χ1n) is 11.2. The summed E-state index contributed by atoms with van der Waals surface area (Å²) in [5.74, 6) is -5.25. The van der Waals surface area contributed by atoms with Crippen molar-refractivity contribution in [1.29, 1.82) is 0 Å². The maximum Gasteiger partial charge on any atom is 0.417 e. The van der Waals surface area contributed by atoms with E-state index in [0.717, 1.165) is 36.0 Å². The van der Waals surface area contributed by atoms with Gasteiger partial charge in [0.25, 0.3) is 0 Å². The minimum absolute atomic E-state index is 0.0722. The highest BCUT2D eigenvalue weighted by Crippen LogP contribution is 2.47. The Labute approximate surface area is 221 Å². The molecule has 0 N–H and O–H groups in total. The Hall–Kier alpha value is -3.80. The minimum Gasteiger partial charge on any atom is -0.545 e. The standard InChI is InChI=1S/C27H18F6O5S/c28-26(29,30)20-14(5-3-8-17(20)23(35)36)11-25(13-39-19-10-2-1-7-16(19)22(25)34)12-15-6-4-9-18(24(37)38)21(15)27(31,32)33/h1-10H,11-13H2,(H,35,36)(H,37,38)/p-2. The van der Waals surface area contributed by atoms with Gasteiger partial charge in [0.1, 0.15) is 0 Å². The van der Waals surface area contributed by atoms with Crippen LogP contribution in [-0.2, 0) is 25.2 Å².